The molecule has 0 atom stereocenters. The van der Waals surface area contributed by atoms with Gasteiger partial charge in [-0.25, -0.2) is 0 Å². The van der Waals surface area contributed by atoms with E-state index in [1.54, 1.807) is 0 Å². The molecule has 1 aromatic heterocycles. The van der Waals surface area contributed by atoms with Gasteiger partial charge in [0.15, 0.2) is 0 Å². The van der Waals surface area contributed by atoms with Gasteiger partial charge in [-0.15, -0.1) is 11.6 Å². The number of alkyl halides is 1. The summed E-state index contributed by atoms with van der Waals surface area (Å²) in [7, 11) is 0. The summed E-state index contributed by atoms with van der Waals surface area (Å²) >= 11 is 5.56. The van der Waals surface area contributed by atoms with E-state index in [1.807, 2.05) is 24.4 Å². The van der Waals surface area contributed by atoms with E-state index in [4.69, 9.17) is 11.6 Å². The number of halogens is 1. The first-order valence-corrected chi connectivity index (χ1v) is 5.13. The van der Waals surface area contributed by atoms with Gasteiger partial charge in [0.1, 0.15) is 0 Å². The topological polar surface area (TPSA) is 24.9 Å². The molecule has 0 aliphatic carbocycles. The summed E-state index contributed by atoms with van der Waals surface area (Å²) in [5, 5.41) is 3.32. The van der Waals surface area contributed by atoms with E-state index in [9.17, 15) is 0 Å². The summed E-state index contributed by atoms with van der Waals surface area (Å²) in [4.78, 5) is 4.21. The molecule has 2 nitrogen and oxygen atoms in total. The van der Waals surface area contributed by atoms with Gasteiger partial charge in [-0.2, -0.15) is 0 Å². The molecule has 0 unspecified atom stereocenters. The fourth-order valence-electron chi connectivity index (χ4n) is 1.06. The van der Waals surface area contributed by atoms with Crippen LogP contribution in [0.15, 0.2) is 24.4 Å². The van der Waals surface area contributed by atoms with Crippen molar-refractivity contribution in [3.8, 4) is 0 Å². The Bertz CT molecular complexity index is 213. The van der Waals surface area contributed by atoms with Gasteiger partial charge >= 0.3 is 0 Å². The maximum absolute atomic E-state index is 5.56. The lowest BCUT2D eigenvalue weighted by Crippen LogP contribution is -2.15. The van der Waals surface area contributed by atoms with Crippen molar-refractivity contribution >= 4 is 11.6 Å². The number of hydrogen-bond acceptors (Lipinski definition) is 2. The highest BCUT2D eigenvalue weighted by Gasteiger charge is 1.91. The van der Waals surface area contributed by atoms with Crippen molar-refractivity contribution in [2.75, 3.05) is 12.4 Å². The summed E-state index contributed by atoms with van der Waals surface area (Å²) in [6.45, 7) is 1.87. The Morgan fingerprint density at radius 3 is 2.92 bits per heavy atom. The first-order chi connectivity index (χ1) is 6.43. The largest absolute Gasteiger partial charge is 0.311 e. The van der Waals surface area contributed by atoms with Gasteiger partial charge in [0.05, 0.1) is 5.69 Å². The SMILES string of the molecule is ClCCCCNCc1ccccn1. The van der Waals surface area contributed by atoms with E-state index in [0.717, 1.165) is 37.5 Å². The number of nitrogens with zero attached hydrogens (tertiary/aromatic N) is 1. The summed E-state index contributed by atoms with van der Waals surface area (Å²) < 4.78 is 0. The molecule has 0 saturated heterocycles. The van der Waals surface area contributed by atoms with Crippen LogP contribution >= 0.6 is 11.6 Å². The zero-order valence-corrected chi connectivity index (χ0v) is 8.43. The molecular formula is C10H15ClN2. The van der Waals surface area contributed by atoms with Crippen molar-refractivity contribution in [2.24, 2.45) is 0 Å². The molecular weight excluding hydrogens is 184 g/mol. The van der Waals surface area contributed by atoms with E-state index in [1.165, 1.54) is 0 Å². The second-order valence-corrected chi connectivity index (χ2v) is 3.27. The van der Waals surface area contributed by atoms with Crippen LogP contribution in [0.1, 0.15) is 18.5 Å². The number of hydrogen-bond donors (Lipinski definition) is 1. The van der Waals surface area contributed by atoms with Gasteiger partial charge in [0.2, 0.25) is 0 Å². The third-order valence-electron chi connectivity index (χ3n) is 1.77. The van der Waals surface area contributed by atoms with Crippen molar-refractivity contribution in [1.82, 2.24) is 10.3 Å². The summed E-state index contributed by atoms with van der Waals surface area (Å²) in [6.07, 6.45) is 4.03. The average Bonchev–Trinajstić information content (AvgIpc) is 2.19. The average molecular weight is 199 g/mol. The van der Waals surface area contributed by atoms with E-state index in [-0.39, 0.29) is 0 Å². The lowest BCUT2D eigenvalue weighted by molar-refractivity contribution is 0.635. The molecule has 1 N–H and O–H groups in total. The molecule has 13 heavy (non-hydrogen) atoms. The highest BCUT2D eigenvalue weighted by atomic mass is 35.5. The smallest absolute Gasteiger partial charge is 0.0541 e. The zero-order chi connectivity index (χ0) is 9.36. The van der Waals surface area contributed by atoms with Crippen LogP contribution in [0.2, 0.25) is 0 Å². The molecule has 0 aromatic carbocycles. The van der Waals surface area contributed by atoms with E-state index in [2.05, 4.69) is 10.3 Å². The molecule has 0 fully saturated rings. The summed E-state index contributed by atoms with van der Waals surface area (Å²) in [5.74, 6) is 0.755. The molecule has 1 aromatic rings. The van der Waals surface area contributed by atoms with Crippen molar-refractivity contribution in [3.63, 3.8) is 0 Å². The summed E-state index contributed by atoms with van der Waals surface area (Å²) in [6, 6.07) is 5.95. The maximum atomic E-state index is 5.56. The number of aromatic nitrogens is 1. The number of unbranched alkanes of at least 4 members (excludes halogenated alkanes) is 1. The second kappa shape index (κ2) is 6.87. The monoisotopic (exact) mass is 198 g/mol. The molecule has 0 bridgehead atoms. The Morgan fingerprint density at radius 1 is 1.31 bits per heavy atom. The van der Waals surface area contributed by atoms with Crippen LogP contribution < -0.4 is 5.32 Å². The second-order valence-electron chi connectivity index (χ2n) is 2.89. The minimum atomic E-state index is 0.755. The minimum absolute atomic E-state index is 0.755. The van der Waals surface area contributed by atoms with E-state index >= 15 is 0 Å². The van der Waals surface area contributed by atoms with Crippen LogP contribution in [0.3, 0.4) is 0 Å². The van der Waals surface area contributed by atoms with Crippen LogP contribution in [-0.4, -0.2) is 17.4 Å². The highest BCUT2D eigenvalue weighted by molar-refractivity contribution is 6.17. The molecule has 3 heteroatoms. The Hall–Kier alpha value is -0.600. The van der Waals surface area contributed by atoms with Crippen LogP contribution in [0.25, 0.3) is 0 Å². The predicted octanol–water partition coefficient (Wildman–Crippen LogP) is 2.19. The van der Waals surface area contributed by atoms with E-state index < -0.39 is 0 Å². The molecule has 0 spiro atoms. The van der Waals surface area contributed by atoms with Crippen LogP contribution in [0.5, 0.6) is 0 Å². The van der Waals surface area contributed by atoms with Gasteiger partial charge in [-0.1, -0.05) is 6.07 Å². The molecule has 0 amide bonds. The Balaban J connectivity index is 2.07. The predicted molar refractivity (Wildman–Crippen MR) is 55.9 cm³/mol. The molecule has 0 saturated carbocycles. The standard InChI is InChI=1S/C10H15ClN2/c11-6-2-4-7-12-9-10-5-1-3-8-13-10/h1,3,5,8,12H,2,4,6-7,9H2. The first-order valence-electron chi connectivity index (χ1n) is 4.60. The first kappa shape index (κ1) is 10.5. The molecule has 1 heterocycles. The number of nitrogens with one attached hydrogen (secondary N) is 1. The molecule has 72 valence electrons. The van der Waals surface area contributed by atoms with Gasteiger partial charge in [-0.05, 0) is 31.5 Å². The lowest BCUT2D eigenvalue weighted by Gasteiger charge is -2.02. The van der Waals surface area contributed by atoms with Crippen molar-refractivity contribution in [2.45, 2.75) is 19.4 Å². The molecule has 1 rings (SSSR count). The Labute approximate surface area is 84.3 Å². The number of pyridine rings is 1. The Morgan fingerprint density at radius 2 is 2.23 bits per heavy atom. The maximum Gasteiger partial charge on any atom is 0.0541 e. The van der Waals surface area contributed by atoms with Crippen LogP contribution in [-0.2, 0) is 6.54 Å². The van der Waals surface area contributed by atoms with E-state index in [0.29, 0.717) is 0 Å². The number of rotatable bonds is 6. The molecule has 0 radical (unpaired) electrons. The molecule has 0 aliphatic heterocycles. The minimum Gasteiger partial charge on any atom is -0.311 e. The van der Waals surface area contributed by atoms with Gasteiger partial charge < -0.3 is 5.32 Å². The lowest BCUT2D eigenvalue weighted by atomic mass is 10.3. The van der Waals surface area contributed by atoms with Gasteiger partial charge in [-0.3, -0.25) is 4.98 Å². The Kier molecular flexibility index (Phi) is 5.54. The van der Waals surface area contributed by atoms with Gasteiger partial charge in [0.25, 0.3) is 0 Å². The highest BCUT2D eigenvalue weighted by Crippen LogP contribution is 1.93. The van der Waals surface area contributed by atoms with Crippen LogP contribution in [0.4, 0.5) is 0 Å². The van der Waals surface area contributed by atoms with Crippen molar-refractivity contribution in [3.05, 3.63) is 30.1 Å². The quantitative estimate of drug-likeness (QED) is 0.560. The van der Waals surface area contributed by atoms with Crippen LogP contribution in [0, 0.1) is 0 Å². The third kappa shape index (κ3) is 4.86. The fraction of sp³-hybridized carbons (Fsp3) is 0.500. The third-order valence-corrected chi connectivity index (χ3v) is 2.04. The fourth-order valence-corrected chi connectivity index (χ4v) is 1.25. The molecule has 0 aliphatic rings. The van der Waals surface area contributed by atoms with Gasteiger partial charge in [0, 0.05) is 18.6 Å². The zero-order valence-electron chi connectivity index (χ0n) is 7.67. The summed E-state index contributed by atoms with van der Waals surface area (Å²) in [5.41, 5.74) is 1.09. The van der Waals surface area contributed by atoms with Crippen molar-refractivity contribution in [1.29, 1.82) is 0 Å². The van der Waals surface area contributed by atoms with Crippen molar-refractivity contribution < 1.29 is 0 Å². The normalized spacial score (nSPS) is 10.2.